The Morgan fingerprint density at radius 1 is 1.16 bits per heavy atom. The summed E-state index contributed by atoms with van der Waals surface area (Å²) in [5.74, 6) is -0.0763. The van der Waals surface area contributed by atoms with E-state index in [0.717, 1.165) is 11.1 Å². The van der Waals surface area contributed by atoms with Crippen molar-refractivity contribution in [2.45, 2.75) is 6.54 Å². The van der Waals surface area contributed by atoms with Gasteiger partial charge in [-0.25, -0.2) is 4.52 Å². The van der Waals surface area contributed by atoms with Crippen molar-refractivity contribution < 1.29 is 4.79 Å². The number of carbonyl (C=O) groups excluding carboxylic acids is 1. The molecule has 3 aromatic rings. The van der Waals surface area contributed by atoms with Crippen molar-refractivity contribution in [3.8, 4) is 0 Å². The highest BCUT2D eigenvalue weighted by molar-refractivity contribution is 5.95. The molecule has 4 nitrogen and oxygen atoms in total. The van der Waals surface area contributed by atoms with Gasteiger partial charge in [-0.2, -0.15) is 5.10 Å². The molecule has 1 aromatic carbocycles. The van der Waals surface area contributed by atoms with Gasteiger partial charge in [-0.05, 0) is 23.8 Å². The Kier molecular flexibility index (Phi) is 2.98. The predicted molar refractivity (Wildman–Crippen MR) is 72.8 cm³/mol. The molecule has 94 valence electrons. The van der Waals surface area contributed by atoms with Crippen LogP contribution >= 0.6 is 0 Å². The van der Waals surface area contributed by atoms with E-state index in [1.165, 1.54) is 0 Å². The monoisotopic (exact) mass is 251 g/mol. The number of benzene rings is 1. The molecule has 1 N–H and O–H groups in total. The standard InChI is InChI=1S/C15H13N3O/c19-15(16-11-12-4-2-1-3-5-12)13-7-9-18-14(10-13)6-8-17-18/h1-10H,11H2,(H,16,19). The lowest BCUT2D eigenvalue weighted by atomic mass is 10.2. The Balaban J connectivity index is 1.73. The summed E-state index contributed by atoms with van der Waals surface area (Å²) in [6.07, 6.45) is 3.49. The van der Waals surface area contributed by atoms with E-state index in [-0.39, 0.29) is 5.91 Å². The van der Waals surface area contributed by atoms with Crippen molar-refractivity contribution in [2.24, 2.45) is 0 Å². The van der Waals surface area contributed by atoms with Gasteiger partial charge in [0.15, 0.2) is 0 Å². The third-order valence-corrected chi connectivity index (χ3v) is 2.96. The first-order valence-electron chi connectivity index (χ1n) is 6.08. The van der Waals surface area contributed by atoms with Crippen LogP contribution in [0.2, 0.25) is 0 Å². The van der Waals surface area contributed by atoms with Crippen molar-refractivity contribution in [1.82, 2.24) is 14.9 Å². The second-order valence-electron chi connectivity index (χ2n) is 4.28. The number of hydrogen-bond acceptors (Lipinski definition) is 2. The van der Waals surface area contributed by atoms with Crippen LogP contribution in [0.5, 0.6) is 0 Å². The Labute approximate surface area is 110 Å². The maximum absolute atomic E-state index is 12.0. The Morgan fingerprint density at radius 3 is 2.84 bits per heavy atom. The summed E-state index contributed by atoms with van der Waals surface area (Å²) in [5, 5.41) is 7.00. The molecule has 0 saturated carbocycles. The normalized spacial score (nSPS) is 10.5. The summed E-state index contributed by atoms with van der Waals surface area (Å²) in [5.41, 5.74) is 2.64. The van der Waals surface area contributed by atoms with E-state index in [1.54, 1.807) is 23.0 Å². The van der Waals surface area contributed by atoms with E-state index in [2.05, 4.69) is 10.4 Å². The van der Waals surface area contributed by atoms with E-state index in [1.807, 2.05) is 42.5 Å². The molecule has 0 saturated heterocycles. The van der Waals surface area contributed by atoms with Gasteiger partial charge in [-0.3, -0.25) is 4.79 Å². The molecule has 3 rings (SSSR count). The average molecular weight is 251 g/mol. The molecule has 0 radical (unpaired) electrons. The Morgan fingerprint density at radius 2 is 2.00 bits per heavy atom. The van der Waals surface area contributed by atoms with Gasteiger partial charge in [-0.1, -0.05) is 30.3 Å². The van der Waals surface area contributed by atoms with E-state index in [0.29, 0.717) is 12.1 Å². The van der Waals surface area contributed by atoms with Crippen LogP contribution in [-0.4, -0.2) is 15.5 Å². The van der Waals surface area contributed by atoms with Crippen LogP contribution in [0, 0.1) is 0 Å². The highest BCUT2D eigenvalue weighted by Crippen LogP contribution is 2.07. The van der Waals surface area contributed by atoms with Gasteiger partial charge in [0.2, 0.25) is 0 Å². The lowest BCUT2D eigenvalue weighted by molar-refractivity contribution is 0.0951. The summed E-state index contributed by atoms with van der Waals surface area (Å²) in [6, 6.07) is 15.3. The van der Waals surface area contributed by atoms with Crippen LogP contribution in [-0.2, 0) is 6.54 Å². The fraction of sp³-hybridized carbons (Fsp3) is 0.0667. The van der Waals surface area contributed by atoms with Crippen LogP contribution < -0.4 is 5.32 Å². The molecule has 0 aliphatic carbocycles. The number of carbonyl (C=O) groups is 1. The predicted octanol–water partition coefficient (Wildman–Crippen LogP) is 2.26. The zero-order chi connectivity index (χ0) is 13.1. The lowest BCUT2D eigenvalue weighted by Gasteiger charge is -2.05. The van der Waals surface area contributed by atoms with Gasteiger partial charge in [0.05, 0.1) is 5.52 Å². The molecule has 0 aliphatic heterocycles. The SMILES string of the molecule is O=C(NCc1ccccc1)c1ccn2nccc2c1. The van der Waals surface area contributed by atoms with Crippen molar-refractivity contribution in [1.29, 1.82) is 0 Å². The fourth-order valence-corrected chi connectivity index (χ4v) is 1.94. The topological polar surface area (TPSA) is 46.4 Å². The first-order valence-corrected chi connectivity index (χ1v) is 6.08. The van der Waals surface area contributed by atoms with E-state index in [9.17, 15) is 4.79 Å². The molecule has 1 amide bonds. The molecule has 0 fully saturated rings. The average Bonchev–Trinajstić information content (AvgIpc) is 2.93. The number of nitrogens with one attached hydrogen (secondary N) is 1. The number of fused-ring (bicyclic) bond motifs is 1. The summed E-state index contributed by atoms with van der Waals surface area (Å²) < 4.78 is 1.73. The quantitative estimate of drug-likeness (QED) is 0.776. The molecule has 0 unspecified atom stereocenters. The molecular formula is C15H13N3O. The number of pyridine rings is 1. The van der Waals surface area contributed by atoms with Gasteiger partial charge in [0, 0.05) is 24.5 Å². The Hall–Kier alpha value is -2.62. The minimum Gasteiger partial charge on any atom is -0.348 e. The lowest BCUT2D eigenvalue weighted by Crippen LogP contribution is -2.22. The maximum atomic E-state index is 12.0. The minimum atomic E-state index is -0.0763. The van der Waals surface area contributed by atoms with Crippen molar-refractivity contribution >= 4 is 11.4 Å². The molecule has 4 heteroatoms. The van der Waals surface area contributed by atoms with E-state index in [4.69, 9.17) is 0 Å². The zero-order valence-corrected chi connectivity index (χ0v) is 10.3. The molecule has 2 aromatic heterocycles. The molecule has 0 aliphatic rings. The molecular weight excluding hydrogens is 238 g/mol. The Bertz CT molecular complexity index is 703. The van der Waals surface area contributed by atoms with Gasteiger partial charge in [0.25, 0.3) is 5.91 Å². The molecule has 0 bridgehead atoms. The highest BCUT2D eigenvalue weighted by Gasteiger charge is 2.06. The smallest absolute Gasteiger partial charge is 0.251 e. The summed E-state index contributed by atoms with van der Waals surface area (Å²) in [7, 11) is 0. The van der Waals surface area contributed by atoms with E-state index >= 15 is 0 Å². The van der Waals surface area contributed by atoms with Gasteiger partial charge < -0.3 is 5.32 Å². The highest BCUT2D eigenvalue weighted by atomic mass is 16.1. The second kappa shape index (κ2) is 4.94. The van der Waals surface area contributed by atoms with Crippen LogP contribution in [0.25, 0.3) is 5.52 Å². The number of amides is 1. The fourth-order valence-electron chi connectivity index (χ4n) is 1.94. The summed E-state index contributed by atoms with van der Waals surface area (Å²) >= 11 is 0. The van der Waals surface area contributed by atoms with Crippen LogP contribution in [0.1, 0.15) is 15.9 Å². The number of hydrogen-bond donors (Lipinski definition) is 1. The van der Waals surface area contributed by atoms with E-state index < -0.39 is 0 Å². The third kappa shape index (κ3) is 2.47. The van der Waals surface area contributed by atoms with Gasteiger partial charge in [-0.15, -0.1) is 0 Å². The van der Waals surface area contributed by atoms with Crippen LogP contribution in [0.3, 0.4) is 0 Å². The number of nitrogens with zero attached hydrogens (tertiary/aromatic N) is 2. The zero-order valence-electron chi connectivity index (χ0n) is 10.3. The molecule has 0 spiro atoms. The first-order chi connectivity index (χ1) is 9.33. The van der Waals surface area contributed by atoms with Crippen LogP contribution in [0.4, 0.5) is 0 Å². The maximum Gasteiger partial charge on any atom is 0.251 e. The first kappa shape index (κ1) is 11.5. The van der Waals surface area contributed by atoms with Crippen molar-refractivity contribution in [3.63, 3.8) is 0 Å². The van der Waals surface area contributed by atoms with Gasteiger partial charge in [0.1, 0.15) is 0 Å². The molecule has 19 heavy (non-hydrogen) atoms. The van der Waals surface area contributed by atoms with Crippen molar-refractivity contribution in [2.75, 3.05) is 0 Å². The van der Waals surface area contributed by atoms with Crippen LogP contribution in [0.15, 0.2) is 60.9 Å². The molecule has 2 heterocycles. The third-order valence-electron chi connectivity index (χ3n) is 2.96. The summed E-state index contributed by atoms with van der Waals surface area (Å²) in [6.45, 7) is 0.532. The number of aromatic nitrogens is 2. The second-order valence-corrected chi connectivity index (χ2v) is 4.28. The number of rotatable bonds is 3. The summed E-state index contributed by atoms with van der Waals surface area (Å²) in [4.78, 5) is 12.0. The van der Waals surface area contributed by atoms with Crippen molar-refractivity contribution in [3.05, 3.63) is 72.1 Å². The minimum absolute atomic E-state index is 0.0763. The largest absolute Gasteiger partial charge is 0.348 e. The molecule has 0 atom stereocenters. The van der Waals surface area contributed by atoms with Gasteiger partial charge >= 0.3 is 0 Å².